The highest BCUT2D eigenvalue weighted by molar-refractivity contribution is 5.95. The average Bonchev–Trinajstić information content (AvgIpc) is 4.08. The number of ether oxygens (including phenoxy) is 5. The summed E-state index contributed by atoms with van der Waals surface area (Å²) in [4.78, 5) is 66.4. The van der Waals surface area contributed by atoms with Gasteiger partial charge in [-0.2, -0.15) is 0 Å². The smallest absolute Gasteiger partial charge is 0.407 e. The predicted octanol–water partition coefficient (Wildman–Crippen LogP) is 5.48. The summed E-state index contributed by atoms with van der Waals surface area (Å²) in [6, 6.07) is 34.7. The van der Waals surface area contributed by atoms with Gasteiger partial charge in [0.15, 0.2) is 12.2 Å². The molecule has 0 unspecified atom stereocenters. The minimum Gasteiger partial charge on any atom is -0.489 e. The van der Waals surface area contributed by atoms with Crippen molar-refractivity contribution < 1.29 is 47.7 Å². The van der Waals surface area contributed by atoms with Crippen LogP contribution in [0.4, 0.5) is 9.59 Å². The molecule has 0 aromatic heterocycles. The van der Waals surface area contributed by atoms with Crippen molar-refractivity contribution in [1.82, 2.24) is 20.9 Å². The molecule has 3 atom stereocenters. The maximum atomic E-state index is 14.4. The van der Waals surface area contributed by atoms with E-state index in [1.807, 2.05) is 103 Å². The van der Waals surface area contributed by atoms with E-state index < -0.39 is 42.3 Å². The largest absolute Gasteiger partial charge is 0.489 e. The van der Waals surface area contributed by atoms with Gasteiger partial charge in [-0.05, 0) is 60.6 Å². The second kappa shape index (κ2) is 23.7. The highest BCUT2D eigenvalue weighted by Crippen LogP contribution is 2.24. The Labute approximate surface area is 344 Å². The number of carbonyl (C=O) groups is 5. The summed E-state index contributed by atoms with van der Waals surface area (Å²) in [6.45, 7) is 3.53. The molecule has 0 spiro atoms. The Morgan fingerprint density at radius 2 is 1.14 bits per heavy atom. The lowest BCUT2D eigenvalue weighted by atomic mass is 10.0. The topological polar surface area (TPSA) is 174 Å². The van der Waals surface area contributed by atoms with Crippen LogP contribution in [0.2, 0.25) is 0 Å². The van der Waals surface area contributed by atoms with Gasteiger partial charge in [-0.3, -0.25) is 9.59 Å². The third kappa shape index (κ3) is 15.5. The number of rotatable bonds is 23. The van der Waals surface area contributed by atoms with E-state index in [4.69, 9.17) is 23.7 Å². The van der Waals surface area contributed by atoms with Crippen LogP contribution in [0.3, 0.4) is 0 Å². The third-order valence-corrected chi connectivity index (χ3v) is 9.23. The number of alkyl carbamates (subject to hydrolysis) is 2. The molecule has 1 heterocycles. The summed E-state index contributed by atoms with van der Waals surface area (Å²) in [5.74, 6) is -0.971. The molecule has 4 aromatic rings. The fourth-order valence-electron chi connectivity index (χ4n) is 6.05. The fraction of sp³-hybridized carbons (Fsp3) is 0.356. The first kappa shape index (κ1) is 43.7. The first-order valence-corrected chi connectivity index (χ1v) is 19.8. The number of esters is 1. The summed E-state index contributed by atoms with van der Waals surface area (Å²) >= 11 is 0. The van der Waals surface area contributed by atoms with Crippen LogP contribution in [0, 0.1) is 0 Å². The SMILES string of the molecule is CCOC(=O)[C@@H]1O[C@H]1C(=O)N[C@@H](Cc1ccc(OCc2ccccc2)cc1)C(=O)N(CCCCNC(=O)OCc1ccccc1)CCCNC(=O)OCc1ccccc1. The highest BCUT2D eigenvalue weighted by atomic mass is 16.6. The van der Waals surface area contributed by atoms with Crippen LogP contribution >= 0.6 is 0 Å². The van der Waals surface area contributed by atoms with Crippen LogP contribution in [0.25, 0.3) is 0 Å². The van der Waals surface area contributed by atoms with Crippen LogP contribution < -0.4 is 20.7 Å². The number of amides is 4. The Balaban J connectivity index is 1.21. The second-order valence-corrected chi connectivity index (χ2v) is 13.8. The normalized spacial score (nSPS) is 14.5. The Kier molecular flexibility index (Phi) is 17.6. The number of hydrogen-bond acceptors (Lipinski definition) is 10. The molecule has 14 nitrogen and oxygen atoms in total. The van der Waals surface area contributed by atoms with E-state index in [1.165, 1.54) is 0 Å². The van der Waals surface area contributed by atoms with Crippen LogP contribution in [-0.2, 0) is 59.6 Å². The lowest BCUT2D eigenvalue weighted by Gasteiger charge is -2.28. The molecule has 1 fully saturated rings. The fourth-order valence-corrected chi connectivity index (χ4v) is 6.05. The monoisotopic (exact) mass is 808 g/mol. The minimum absolute atomic E-state index is 0.119. The molecule has 0 radical (unpaired) electrons. The van der Waals surface area contributed by atoms with Crippen molar-refractivity contribution in [1.29, 1.82) is 0 Å². The number of nitrogens with one attached hydrogen (secondary N) is 3. The summed E-state index contributed by atoms with van der Waals surface area (Å²) in [7, 11) is 0. The van der Waals surface area contributed by atoms with Crippen molar-refractivity contribution >= 4 is 30.0 Å². The van der Waals surface area contributed by atoms with E-state index in [9.17, 15) is 24.0 Å². The molecule has 0 aliphatic carbocycles. The molecule has 0 bridgehead atoms. The first-order valence-electron chi connectivity index (χ1n) is 19.8. The number of benzene rings is 4. The van der Waals surface area contributed by atoms with E-state index in [0.717, 1.165) is 22.3 Å². The molecule has 14 heteroatoms. The summed E-state index contributed by atoms with van der Waals surface area (Å²) in [5, 5.41) is 8.30. The zero-order valence-corrected chi connectivity index (χ0v) is 33.2. The number of nitrogens with zero attached hydrogens (tertiary/aromatic N) is 1. The standard InChI is InChI=1S/C45H52N4O10/c1-2-55-43(52)40-39(59-40)41(50)48-38(29-33-21-23-37(24-22-33)56-30-34-15-6-3-7-16-34)42(51)49(28-14-26-47-45(54)58-32-36-19-10-5-11-20-36)27-13-12-25-46-44(53)57-31-35-17-8-4-9-18-35/h3-11,15-24,38-40H,2,12-14,25-32H2,1H3,(H,46,53)(H,47,54)(H,48,50)/t38-,39+,40+/m0/s1. The molecule has 3 N–H and O–H groups in total. The maximum Gasteiger partial charge on any atom is 0.407 e. The third-order valence-electron chi connectivity index (χ3n) is 9.23. The molecule has 1 aliphatic rings. The minimum atomic E-state index is -1.08. The number of carbonyl (C=O) groups excluding carboxylic acids is 5. The van der Waals surface area contributed by atoms with Gasteiger partial charge in [0.25, 0.3) is 5.91 Å². The van der Waals surface area contributed by atoms with Gasteiger partial charge in [-0.25, -0.2) is 14.4 Å². The van der Waals surface area contributed by atoms with E-state index >= 15 is 0 Å². The van der Waals surface area contributed by atoms with Crippen molar-refractivity contribution in [3.8, 4) is 5.75 Å². The Morgan fingerprint density at radius 3 is 1.69 bits per heavy atom. The van der Waals surface area contributed by atoms with Crippen molar-refractivity contribution in [2.75, 3.05) is 32.8 Å². The molecule has 5 rings (SSSR count). The van der Waals surface area contributed by atoms with E-state index in [0.29, 0.717) is 44.7 Å². The van der Waals surface area contributed by atoms with Gasteiger partial charge in [0.1, 0.15) is 31.6 Å². The Hall–Kier alpha value is -6.41. The predicted molar refractivity (Wildman–Crippen MR) is 218 cm³/mol. The lowest BCUT2D eigenvalue weighted by Crippen LogP contribution is -2.51. The summed E-state index contributed by atoms with van der Waals surface area (Å²) in [6.07, 6.45) is -1.67. The van der Waals surface area contributed by atoms with Gasteiger partial charge < -0.3 is 44.5 Å². The van der Waals surface area contributed by atoms with Gasteiger partial charge in [-0.15, -0.1) is 0 Å². The highest BCUT2D eigenvalue weighted by Gasteiger charge is 2.52. The maximum absolute atomic E-state index is 14.4. The van der Waals surface area contributed by atoms with E-state index in [2.05, 4.69) is 16.0 Å². The lowest BCUT2D eigenvalue weighted by molar-refractivity contribution is -0.144. The van der Waals surface area contributed by atoms with Crippen LogP contribution in [0.15, 0.2) is 115 Å². The van der Waals surface area contributed by atoms with Gasteiger partial charge >= 0.3 is 18.2 Å². The van der Waals surface area contributed by atoms with Gasteiger partial charge in [-0.1, -0.05) is 103 Å². The van der Waals surface area contributed by atoms with E-state index in [-0.39, 0.29) is 45.2 Å². The second-order valence-electron chi connectivity index (χ2n) is 13.8. The molecule has 1 aliphatic heterocycles. The molecule has 4 amide bonds. The van der Waals surface area contributed by atoms with Gasteiger partial charge in [0, 0.05) is 32.6 Å². The van der Waals surface area contributed by atoms with Crippen molar-refractivity contribution in [3.63, 3.8) is 0 Å². The summed E-state index contributed by atoms with van der Waals surface area (Å²) in [5.41, 5.74) is 3.50. The Morgan fingerprint density at radius 1 is 0.610 bits per heavy atom. The number of hydrogen-bond donors (Lipinski definition) is 3. The molecule has 59 heavy (non-hydrogen) atoms. The van der Waals surface area contributed by atoms with Crippen molar-refractivity contribution in [2.24, 2.45) is 0 Å². The van der Waals surface area contributed by atoms with Crippen LogP contribution in [-0.4, -0.2) is 85.9 Å². The van der Waals surface area contributed by atoms with Gasteiger partial charge in [0.05, 0.1) is 6.61 Å². The molecule has 312 valence electrons. The molecular weight excluding hydrogens is 757 g/mol. The first-order chi connectivity index (χ1) is 28.8. The molecule has 0 saturated carbocycles. The molecule has 1 saturated heterocycles. The average molecular weight is 809 g/mol. The van der Waals surface area contributed by atoms with Gasteiger partial charge in [0.2, 0.25) is 5.91 Å². The van der Waals surface area contributed by atoms with E-state index in [1.54, 1.807) is 24.0 Å². The summed E-state index contributed by atoms with van der Waals surface area (Å²) < 4.78 is 26.9. The number of unbranched alkanes of at least 4 members (excludes halogenated alkanes) is 1. The van der Waals surface area contributed by atoms with Crippen LogP contribution in [0.5, 0.6) is 5.75 Å². The van der Waals surface area contributed by atoms with Crippen molar-refractivity contribution in [3.05, 3.63) is 138 Å². The van der Waals surface area contributed by atoms with Crippen LogP contribution in [0.1, 0.15) is 48.4 Å². The molecule has 4 aromatic carbocycles. The zero-order chi connectivity index (χ0) is 41.7. The zero-order valence-electron chi connectivity index (χ0n) is 33.2. The number of epoxide rings is 1. The quantitative estimate of drug-likeness (QED) is 0.0377. The van der Waals surface area contributed by atoms with Crippen molar-refractivity contribution in [2.45, 2.75) is 70.7 Å². The molecular formula is C45H52N4O10. The Bertz CT molecular complexity index is 1920.